The monoisotopic (exact) mass is 388 g/mol. The third-order valence-electron chi connectivity index (χ3n) is 4.93. The molecule has 0 bridgehead atoms. The molecule has 144 valence electrons. The molecule has 1 fully saturated rings. The molecule has 2 aromatic rings. The van der Waals surface area contributed by atoms with Gasteiger partial charge in [0.2, 0.25) is 5.91 Å². The number of methoxy groups -OCH3 is 2. The van der Waals surface area contributed by atoms with Gasteiger partial charge in [0, 0.05) is 18.6 Å². The Labute approximate surface area is 165 Å². The fourth-order valence-corrected chi connectivity index (χ4v) is 3.32. The second kappa shape index (κ2) is 8.63. The zero-order valence-corrected chi connectivity index (χ0v) is 16.4. The Kier molecular flexibility index (Phi) is 6.24. The number of rotatable bonds is 9. The number of hydrogen-bond acceptors (Lipinski definition) is 4. The van der Waals surface area contributed by atoms with Crippen molar-refractivity contribution in [3.8, 4) is 11.5 Å². The Bertz CT molecular complexity index is 758. The van der Waals surface area contributed by atoms with Gasteiger partial charge in [-0.25, -0.2) is 0 Å². The van der Waals surface area contributed by atoms with Gasteiger partial charge < -0.3 is 20.1 Å². The highest BCUT2D eigenvalue weighted by molar-refractivity contribution is 6.32. The Morgan fingerprint density at radius 3 is 1.89 bits per heavy atom. The van der Waals surface area contributed by atoms with Crippen LogP contribution in [-0.2, 0) is 17.9 Å². The molecule has 0 spiro atoms. The van der Waals surface area contributed by atoms with Gasteiger partial charge in [-0.15, -0.1) is 11.6 Å². The fraction of sp³-hybridized carbons (Fsp3) is 0.381. The van der Waals surface area contributed by atoms with Gasteiger partial charge >= 0.3 is 0 Å². The summed E-state index contributed by atoms with van der Waals surface area (Å²) < 4.78 is 10.3. The third kappa shape index (κ3) is 4.93. The van der Waals surface area contributed by atoms with Gasteiger partial charge in [0.15, 0.2) is 0 Å². The van der Waals surface area contributed by atoms with Crippen LogP contribution in [0.3, 0.4) is 0 Å². The largest absolute Gasteiger partial charge is 0.497 e. The zero-order chi connectivity index (χ0) is 19.3. The quantitative estimate of drug-likeness (QED) is 0.647. The van der Waals surface area contributed by atoms with Crippen molar-refractivity contribution < 1.29 is 14.3 Å². The van der Waals surface area contributed by atoms with Crippen molar-refractivity contribution in [2.45, 2.75) is 36.8 Å². The average molecular weight is 389 g/mol. The van der Waals surface area contributed by atoms with Gasteiger partial charge in [-0.1, -0.05) is 24.3 Å². The number of amides is 1. The highest BCUT2D eigenvalue weighted by atomic mass is 35.5. The van der Waals surface area contributed by atoms with E-state index in [0.29, 0.717) is 13.1 Å². The lowest BCUT2D eigenvalue weighted by Gasteiger charge is -2.22. The van der Waals surface area contributed by atoms with E-state index in [1.807, 2.05) is 48.5 Å². The van der Waals surface area contributed by atoms with Crippen LogP contribution in [0.4, 0.5) is 0 Å². The SMILES string of the molecule is COc1ccc(CNC(=O)C(Cl)C2(NCc3ccc(OC)cc3)CC2)cc1. The van der Waals surface area contributed by atoms with Crippen LogP contribution < -0.4 is 20.1 Å². The number of ether oxygens (including phenoxy) is 2. The molecule has 0 radical (unpaired) electrons. The summed E-state index contributed by atoms with van der Waals surface area (Å²) in [5.74, 6) is 1.47. The molecule has 27 heavy (non-hydrogen) atoms. The van der Waals surface area contributed by atoms with E-state index < -0.39 is 5.38 Å². The maximum absolute atomic E-state index is 12.5. The Hall–Kier alpha value is -2.24. The lowest BCUT2D eigenvalue weighted by atomic mass is 10.1. The normalized spacial score (nSPS) is 15.7. The zero-order valence-electron chi connectivity index (χ0n) is 15.6. The standard InChI is InChI=1S/C21H25ClN2O3/c1-26-17-7-3-15(4-8-17)13-23-20(25)19(22)21(11-12-21)24-14-16-5-9-18(27-2)10-6-16/h3-10,19,24H,11-14H2,1-2H3,(H,23,25). The van der Waals surface area contributed by atoms with Gasteiger partial charge in [-0.05, 0) is 48.2 Å². The van der Waals surface area contributed by atoms with Crippen molar-refractivity contribution in [1.29, 1.82) is 0 Å². The first-order valence-electron chi connectivity index (χ1n) is 8.99. The lowest BCUT2D eigenvalue weighted by Crippen LogP contribution is -2.47. The van der Waals surface area contributed by atoms with Crippen molar-refractivity contribution in [3.05, 3.63) is 59.7 Å². The van der Waals surface area contributed by atoms with Crippen LogP contribution in [0.15, 0.2) is 48.5 Å². The maximum Gasteiger partial charge on any atom is 0.240 e. The average Bonchev–Trinajstić information content (AvgIpc) is 3.52. The molecule has 0 aliphatic heterocycles. The molecule has 6 heteroatoms. The molecule has 0 saturated heterocycles. The van der Waals surface area contributed by atoms with Crippen LogP contribution >= 0.6 is 11.6 Å². The highest BCUT2D eigenvalue weighted by Crippen LogP contribution is 2.41. The fourth-order valence-electron chi connectivity index (χ4n) is 2.95. The molecule has 1 aliphatic rings. The van der Waals surface area contributed by atoms with Gasteiger partial charge in [-0.2, -0.15) is 0 Å². The van der Waals surface area contributed by atoms with Gasteiger partial charge in [0.05, 0.1) is 14.2 Å². The molecule has 1 unspecified atom stereocenters. The number of hydrogen-bond donors (Lipinski definition) is 2. The van der Waals surface area contributed by atoms with E-state index in [2.05, 4.69) is 10.6 Å². The van der Waals surface area contributed by atoms with E-state index >= 15 is 0 Å². The summed E-state index contributed by atoms with van der Waals surface area (Å²) >= 11 is 6.50. The van der Waals surface area contributed by atoms with Gasteiger partial charge in [0.1, 0.15) is 16.9 Å². The number of carbonyl (C=O) groups is 1. The molecule has 5 nitrogen and oxygen atoms in total. The van der Waals surface area contributed by atoms with Crippen LogP contribution in [0, 0.1) is 0 Å². The van der Waals surface area contributed by atoms with Crippen LogP contribution in [0.1, 0.15) is 24.0 Å². The van der Waals surface area contributed by atoms with Crippen molar-refractivity contribution in [2.24, 2.45) is 0 Å². The Balaban J connectivity index is 1.50. The van der Waals surface area contributed by atoms with E-state index in [1.54, 1.807) is 14.2 Å². The Morgan fingerprint density at radius 2 is 1.44 bits per heavy atom. The number of nitrogens with one attached hydrogen (secondary N) is 2. The number of alkyl halides is 1. The molecular formula is C21H25ClN2O3. The minimum Gasteiger partial charge on any atom is -0.497 e. The predicted octanol–water partition coefficient (Wildman–Crippen LogP) is 3.25. The first-order chi connectivity index (χ1) is 13.1. The third-order valence-corrected chi connectivity index (χ3v) is 5.55. The molecule has 2 N–H and O–H groups in total. The van der Waals surface area contributed by atoms with E-state index in [4.69, 9.17) is 21.1 Å². The molecule has 1 amide bonds. The minimum atomic E-state index is -0.603. The number of carbonyl (C=O) groups excluding carboxylic acids is 1. The van der Waals surface area contributed by atoms with Crippen molar-refractivity contribution in [2.75, 3.05) is 14.2 Å². The van der Waals surface area contributed by atoms with Crippen LogP contribution in [-0.4, -0.2) is 31.0 Å². The molecule has 1 saturated carbocycles. The van der Waals surface area contributed by atoms with Crippen molar-refractivity contribution >= 4 is 17.5 Å². The molecule has 2 aromatic carbocycles. The molecule has 0 heterocycles. The summed E-state index contributed by atoms with van der Waals surface area (Å²) in [6.45, 7) is 1.11. The summed E-state index contributed by atoms with van der Waals surface area (Å²) in [6, 6.07) is 15.5. The summed E-state index contributed by atoms with van der Waals surface area (Å²) in [7, 11) is 3.28. The summed E-state index contributed by atoms with van der Waals surface area (Å²) in [4.78, 5) is 12.5. The van der Waals surface area contributed by atoms with E-state index in [9.17, 15) is 4.79 Å². The van der Waals surface area contributed by atoms with Crippen LogP contribution in [0.2, 0.25) is 0 Å². The Morgan fingerprint density at radius 1 is 0.963 bits per heavy atom. The lowest BCUT2D eigenvalue weighted by molar-refractivity contribution is -0.121. The number of benzene rings is 2. The van der Waals surface area contributed by atoms with Crippen molar-refractivity contribution in [3.63, 3.8) is 0 Å². The van der Waals surface area contributed by atoms with Crippen LogP contribution in [0.25, 0.3) is 0 Å². The topological polar surface area (TPSA) is 59.6 Å². The van der Waals surface area contributed by atoms with Crippen molar-refractivity contribution in [1.82, 2.24) is 10.6 Å². The molecule has 3 rings (SSSR count). The molecule has 0 aromatic heterocycles. The van der Waals surface area contributed by atoms with E-state index in [0.717, 1.165) is 35.5 Å². The van der Waals surface area contributed by atoms with Crippen LogP contribution in [0.5, 0.6) is 11.5 Å². The molecule has 1 aliphatic carbocycles. The predicted molar refractivity (Wildman–Crippen MR) is 106 cm³/mol. The molecule has 1 atom stereocenters. The maximum atomic E-state index is 12.5. The second-order valence-corrected chi connectivity index (χ2v) is 7.22. The molecular weight excluding hydrogens is 364 g/mol. The number of halogens is 1. The smallest absolute Gasteiger partial charge is 0.240 e. The summed E-state index contributed by atoms with van der Waals surface area (Å²) in [6.07, 6.45) is 1.79. The second-order valence-electron chi connectivity index (χ2n) is 6.79. The van der Waals surface area contributed by atoms with E-state index in [-0.39, 0.29) is 11.4 Å². The van der Waals surface area contributed by atoms with E-state index in [1.165, 1.54) is 0 Å². The summed E-state index contributed by atoms with van der Waals surface area (Å²) in [5, 5.41) is 5.79. The first kappa shape index (κ1) is 19.5. The van der Waals surface area contributed by atoms with Gasteiger partial charge in [0.25, 0.3) is 0 Å². The minimum absolute atomic E-state index is 0.146. The first-order valence-corrected chi connectivity index (χ1v) is 9.42. The highest BCUT2D eigenvalue weighted by Gasteiger charge is 2.51. The van der Waals surface area contributed by atoms with Gasteiger partial charge in [-0.3, -0.25) is 4.79 Å². The summed E-state index contributed by atoms with van der Waals surface area (Å²) in [5.41, 5.74) is 1.81.